The van der Waals surface area contributed by atoms with Crippen molar-refractivity contribution in [2.75, 3.05) is 32.0 Å². The summed E-state index contributed by atoms with van der Waals surface area (Å²) in [6.45, 7) is 5.13. The molecule has 7 heteroatoms. The zero-order valence-corrected chi connectivity index (χ0v) is 15.3. The highest BCUT2D eigenvalue weighted by Crippen LogP contribution is 2.23. The largest absolute Gasteiger partial charge is 0.370 e. The number of piperidine rings is 1. The molecular formula is C19H25N5O2. The number of likely N-dealkylation sites (tertiary alicyclic amines) is 1. The summed E-state index contributed by atoms with van der Waals surface area (Å²) in [4.78, 5) is 21.9. The van der Waals surface area contributed by atoms with Crippen LogP contribution in [0.4, 0.5) is 11.5 Å². The van der Waals surface area contributed by atoms with Crippen LogP contribution in [0.2, 0.25) is 0 Å². The Kier molecular flexibility index (Phi) is 5.78. The molecule has 1 aliphatic rings. The Labute approximate surface area is 153 Å². The number of anilines is 1. The van der Waals surface area contributed by atoms with Crippen LogP contribution in [0, 0.1) is 23.0 Å². The molecule has 26 heavy (non-hydrogen) atoms. The molecule has 3 rings (SSSR count). The van der Waals surface area contributed by atoms with Crippen LogP contribution in [0.15, 0.2) is 30.3 Å². The zero-order valence-electron chi connectivity index (χ0n) is 15.3. The van der Waals surface area contributed by atoms with Gasteiger partial charge >= 0.3 is 0 Å². The first-order valence-corrected chi connectivity index (χ1v) is 9.04. The fourth-order valence-electron chi connectivity index (χ4n) is 3.30. The van der Waals surface area contributed by atoms with Gasteiger partial charge in [0.2, 0.25) is 0 Å². The van der Waals surface area contributed by atoms with Gasteiger partial charge in [-0.2, -0.15) is 0 Å². The Bertz CT molecular complexity index is 772. The lowest BCUT2D eigenvalue weighted by molar-refractivity contribution is -0.384. The van der Waals surface area contributed by atoms with Crippen LogP contribution in [0.3, 0.4) is 0 Å². The first-order valence-electron chi connectivity index (χ1n) is 9.04. The summed E-state index contributed by atoms with van der Waals surface area (Å²) in [5, 5.41) is 14.4. The van der Waals surface area contributed by atoms with Crippen LogP contribution in [0.1, 0.15) is 25.0 Å². The Balaban J connectivity index is 1.66. The van der Waals surface area contributed by atoms with Gasteiger partial charge in [-0.15, -0.1) is 0 Å². The number of non-ortho nitro benzene ring substituents is 1. The summed E-state index contributed by atoms with van der Waals surface area (Å²) < 4.78 is 0. The van der Waals surface area contributed by atoms with E-state index in [9.17, 15) is 10.1 Å². The lowest BCUT2D eigenvalue weighted by Gasteiger charge is -2.28. The van der Waals surface area contributed by atoms with Crippen LogP contribution >= 0.6 is 0 Å². The standard InChI is InChI=1S/C19H25N5O2/c1-14-12-18(20-9-6-15-7-10-23(2)11-8-15)22-19(21-14)16-4-3-5-17(13-16)24(25)26/h3-5,12-13,15H,6-11H2,1-2H3,(H,20,21,22). The van der Waals surface area contributed by atoms with Crippen molar-refractivity contribution in [3.8, 4) is 11.4 Å². The number of nitrogens with zero attached hydrogens (tertiary/aromatic N) is 4. The second-order valence-electron chi connectivity index (χ2n) is 6.99. The van der Waals surface area contributed by atoms with Gasteiger partial charge in [0.15, 0.2) is 5.82 Å². The molecule has 0 spiro atoms. The molecule has 2 heterocycles. The Morgan fingerprint density at radius 1 is 1.27 bits per heavy atom. The highest BCUT2D eigenvalue weighted by molar-refractivity contribution is 5.61. The maximum atomic E-state index is 11.0. The normalized spacial score (nSPS) is 15.8. The predicted octanol–water partition coefficient (Wildman–Crippen LogP) is 3.50. The van der Waals surface area contributed by atoms with E-state index in [4.69, 9.17) is 0 Å². The highest BCUT2D eigenvalue weighted by atomic mass is 16.6. The van der Waals surface area contributed by atoms with E-state index in [1.54, 1.807) is 12.1 Å². The van der Waals surface area contributed by atoms with E-state index in [1.807, 2.05) is 13.0 Å². The fourth-order valence-corrected chi connectivity index (χ4v) is 3.30. The van der Waals surface area contributed by atoms with Gasteiger partial charge < -0.3 is 10.2 Å². The monoisotopic (exact) mass is 355 g/mol. The molecule has 1 saturated heterocycles. The molecule has 0 unspecified atom stereocenters. The Morgan fingerprint density at radius 2 is 2.04 bits per heavy atom. The number of rotatable bonds is 6. The zero-order chi connectivity index (χ0) is 18.5. The molecule has 138 valence electrons. The van der Waals surface area contributed by atoms with Crippen molar-refractivity contribution in [2.24, 2.45) is 5.92 Å². The smallest absolute Gasteiger partial charge is 0.270 e. The third-order valence-corrected chi connectivity index (χ3v) is 4.87. The van der Waals surface area contributed by atoms with E-state index in [2.05, 4.69) is 27.2 Å². The van der Waals surface area contributed by atoms with Gasteiger partial charge in [0.05, 0.1) is 4.92 Å². The van der Waals surface area contributed by atoms with Gasteiger partial charge in [-0.25, -0.2) is 9.97 Å². The molecule has 0 atom stereocenters. The molecule has 0 radical (unpaired) electrons. The number of hydrogen-bond donors (Lipinski definition) is 1. The van der Waals surface area contributed by atoms with Gasteiger partial charge in [-0.1, -0.05) is 12.1 Å². The lowest BCUT2D eigenvalue weighted by Crippen LogP contribution is -2.30. The highest BCUT2D eigenvalue weighted by Gasteiger charge is 2.16. The number of nitrogens with one attached hydrogen (secondary N) is 1. The molecule has 1 aromatic heterocycles. The van der Waals surface area contributed by atoms with Crippen molar-refractivity contribution in [1.29, 1.82) is 0 Å². The second-order valence-corrected chi connectivity index (χ2v) is 6.99. The number of hydrogen-bond acceptors (Lipinski definition) is 6. The maximum absolute atomic E-state index is 11.0. The molecule has 1 aliphatic heterocycles. The molecule has 0 aliphatic carbocycles. The minimum atomic E-state index is -0.403. The summed E-state index contributed by atoms with van der Waals surface area (Å²) in [6.07, 6.45) is 3.63. The molecule has 1 fully saturated rings. The van der Waals surface area contributed by atoms with Crippen LogP contribution in [0.5, 0.6) is 0 Å². The van der Waals surface area contributed by atoms with Crippen molar-refractivity contribution in [3.05, 3.63) is 46.1 Å². The van der Waals surface area contributed by atoms with Gasteiger partial charge in [0.1, 0.15) is 5.82 Å². The van der Waals surface area contributed by atoms with Crippen molar-refractivity contribution in [3.63, 3.8) is 0 Å². The number of nitro benzene ring substituents is 1. The minimum absolute atomic E-state index is 0.0457. The summed E-state index contributed by atoms with van der Waals surface area (Å²) in [6, 6.07) is 8.35. The van der Waals surface area contributed by atoms with E-state index in [-0.39, 0.29) is 5.69 Å². The molecule has 1 aromatic carbocycles. The van der Waals surface area contributed by atoms with E-state index in [0.717, 1.165) is 30.4 Å². The van der Waals surface area contributed by atoms with Crippen molar-refractivity contribution < 1.29 is 4.92 Å². The molecule has 2 aromatic rings. The average molecular weight is 355 g/mol. The summed E-state index contributed by atoms with van der Waals surface area (Å²) in [7, 11) is 2.17. The molecule has 0 amide bonds. The van der Waals surface area contributed by atoms with Crippen LogP contribution in [-0.2, 0) is 0 Å². The lowest BCUT2D eigenvalue weighted by atomic mass is 9.94. The third kappa shape index (κ3) is 4.76. The predicted molar refractivity (Wildman–Crippen MR) is 102 cm³/mol. The topological polar surface area (TPSA) is 84.2 Å². The summed E-state index contributed by atoms with van der Waals surface area (Å²) in [5.41, 5.74) is 1.54. The minimum Gasteiger partial charge on any atom is -0.370 e. The van der Waals surface area contributed by atoms with Crippen molar-refractivity contribution in [1.82, 2.24) is 14.9 Å². The average Bonchev–Trinajstić information content (AvgIpc) is 2.63. The first kappa shape index (κ1) is 18.3. The van der Waals surface area contributed by atoms with Gasteiger partial charge in [-0.05, 0) is 52.2 Å². The number of aromatic nitrogens is 2. The van der Waals surface area contributed by atoms with E-state index in [1.165, 1.54) is 38.1 Å². The van der Waals surface area contributed by atoms with Crippen LogP contribution in [0.25, 0.3) is 11.4 Å². The SMILES string of the molecule is Cc1cc(NCCC2CCN(C)CC2)nc(-c2cccc([N+](=O)[O-])c2)n1. The second kappa shape index (κ2) is 8.23. The van der Waals surface area contributed by atoms with Crippen LogP contribution in [-0.4, -0.2) is 46.5 Å². The molecule has 7 nitrogen and oxygen atoms in total. The number of aryl methyl sites for hydroxylation is 1. The quantitative estimate of drug-likeness (QED) is 0.630. The number of nitro groups is 1. The Morgan fingerprint density at radius 3 is 2.77 bits per heavy atom. The van der Waals surface area contributed by atoms with Gasteiger partial charge in [-0.3, -0.25) is 10.1 Å². The third-order valence-electron chi connectivity index (χ3n) is 4.87. The van der Waals surface area contributed by atoms with Gasteiger partial charge in [0.25, 0.3) is 5.69 Å². The van der Waals surface area contributed by atoms with Crippen LogP contribution < -0.4 is 5.32 Å². The Hall–Kier alpha value is -2.54. The molecule has 0 bridgehead atoms. The maximum Gasteiger partial charge on any atom is 0.270 e. The van der Waals surface area contributed by atoms with Gasteiger partial charge in [0, 0.05) is 36.0 Å². The molecule has 0 saturated carbocycles. The van der Waals surface area contributed by atoms with Crippen molar-refractivity contribution >= 4 is 11.5 Å². The van der Waals surface area contributed by atoms with Crippen molar-refractivity contribution in [2.45, 2.75) is 26.2 Å². The summed E-state index contributed by atoms with van der Waals surface area (Å²) >= 11 is 0. The van der Waals surface area contributed by atoms with E-state index in [0.29, 0.717) is 11.4 Å². The summed E-state index contributed by atoms with van der Waals surface area (Å²) in [5.74, 6) is 2.04. The molecular weight excluding hydrogens is 330 g/mol. The number of benzene rings is 1. The first-order chi connectivity index (χ1) is 12.5. The van der Waals surface area contributed by atoms with E-state index >= 15 is 0 Å². The molecule has 1 N–H and O–H groups in total. The fraction of sp³-hybridized carbons (Fsp3) is 0.474. The van der Waals surface area contributed by atoms with E-state index < -0.39 is 4.92 Å².